The van der Waals surface area contributed by atoms with E-state index in [0.717, 1.165) is 6.26 Å². The van der Waals surface area contributed by atoms with Gasteiger partial charge in [-0.2, -0.15) is 0 Å². The maximum atomic E-state index is 11.8. The van der Waals surface area contributed by atoms with Crippen molar-refractivity contribution in [3.63, 3.8) is 0 Å². The van der Waals surface area contributed by atoms with Crippen molar-refractivity contribution in [2.45, 2.75) is 16.6 Å². The Balaban J connectivity index is 2.27. The Morgan fingerprint density at radius 3 is 2.10 bits per heavy atom. The molecule has 0 saturated carbocycles. The van der Waals surface area contributed by atoms with Gasteiger partial charge in [-0.3, -0.25) is 4.79 Å². The van der Waals surface area contributed by atoms with Crippen LogP contribution in [0, 0.1) is 0 Å². The number of carbonyl (C=O) groups is 1. The maximum Gasteiger partial charge on any atom is 0.237 e. The summed E-state index contributed by atoms with van der Waals surface area (Å²) in [6.45, 7) is -0.0249. The van der Waals surface area contributed by atoms with Crippen LogP contribution >= 0.6 is 10.7 Å². The van der Waals surface area contributed by atoms with E-state index in [0.29, 0.717) is 5.69 Å². The van der Waals surface area contributed by atoms with Crippen molar-refractivity contribution in [3.8, 4) is 0 Å². The summed E-state index contributed by atoms with van der Waals surface area (Å²) in [5, 5.41) is -0.939. The third kappa shape index (κ3) is 3.13. The van der Waals surface area contributed by atoms with Gasteiger partial charge in [0, 0.05) is 35.6 Å². The predicted octanol–water partition coefficient (Wildman–Crippen LogP) is 0.764. The zero-order valence-electron chi connectivity index (χ0n) is 10.5. The molecule has 0 aromatic heterocycles. The maximum absolute atomic E-state index is 11.8. The van der Waals surface area contributed by atoms with Crippen molar-refractivity contribution in [3.05, 3.63) is 24.3 Å². The van der Waals surface area contributed by atoms with Crippen molar-refractivity contribution < 1.29 is 21.6 Å². The van der Waals surface area contributed by atoms with Gasteiger partial charge in [0.05, 0.1) is 4.90 Å². The topological polar surface area (TPSA) is 88.6 Å². The minimum Gasteiger partial charge on any atom is -0.311 e. The highest BCUT2D eigenvalue weighted by atomic mass is 35.7. The molecule has 1 aliphatic heterocycles. The summed E-state index contributed by atoms with van der Waals surface area (Å²) in [5.41, 5.74) is 0.449. The van der Waals surface area contributed by atoms with Crippen molar-refractivity contribution in [2.75, 3.05) is 17.7 Å². The molecule has 2 rings (SSSR count). The molecule has 110 valence electrons. The van der Waals surface area contributed by atoms with E-state index in [9.17, 15) is 21.6 Å². The molecule has 0 bridgehead atoms. The zero-order chi connectivity index (χ0) is 15.1. The third-order valence-corrected chi connectivity index (χ3v) is 6.06. The normalized spacial score (nSPS) is 20.4. The lowest BCUT2D eigenvalue weighted by Crippen LogP contribution is -2.26. The van der Waals surface area contributed by atoms with Gasteiger partial charge >= 0.3 is 0 Å². The fourth-order valence-electron chi connectivity index (χ4n) is 1.99. The fourth-order valence-corrected chi connectivity index (χ4v) is 3.64. The minimum absolute atomic E-state index is 0.0249. The number of rotatable bonds is 3. The summed E-state index contributed by atoms with van der Waals surface area (Å²) in [7, 11) is -1.85. The van der Waals surface area contributed by atoms with Crippen LogP contribution in [0.15, 0.2) is 29.2 Å². The van der Waals surface area contributed by atoms with E-state index in [1.807, 2.05) is 0 Å². The highest BCUT2D eigenvalue weighted by Gasteiger charge is 2.37. The lowest BCUT2D eigenvalue weighted by atomic mass is 10.3. The Morgan fingerprint density at radius 1 is 1.15 bits per heavy atom. The first-order chi connectivity index (χ1) is 9.09. The van der Waals surface area contributed by atoms with Gasteiger partial charge in [0.25, 0.3) is 0 Å². The van der Waals surface area contributed by atoms with E-state index in [4.69, 9.17) is 10.7 Å². The average molecular weight is 338 g/mol. The van der Waals surface area contributed by atoms with Crippen LogP contribution in [0.25, 0.3) is 0 Å². The second-order valence-electron chi connectivity index (χ2n) is 4.57. The van der Waals surface area contributed by atoms with Gasteiger partial charge in [-0.15, -0.1) is 0 Å². The lowest BCUT2D eigenvalue weighted by Gasteiger charge is -2.16. The SMILES string of the molecule is CS(=O)(=O)c1ccc(N2CC(S(=O)(=O)Cl)CC2=O)cc1. The van der Waals surface area contributed by atoms with Gasteiger partial charge in [-0.05, 0) is 24.3 Å². The van der Waals surface area contributed by atoms with E-state index in [-0.39, 0.29) is 23.8 Å². The number of nitrogens with zero attached hydrogens (tertiary/aromatic N) is 1. The lowest BCUT2D eigenvalue weighted by molar-refractivity contribution is -0.117. The van der Waals surface area contributed by atoms with Crippen molar-refractivity contribution in [1.29, 1.82) is 0 Å². The summed E-state index contributed by atoms with van der Waals surface area (Å²) in [6, 6.07) is 5.69. The summed E-state index contributed by atoms with van der Waals surface area (Å²) in [4.78, 5) is 13.2. The molecular weight excluding hydrogens is 326 g/mol. The fraction of sp³-hybridized carbons (Fsp3) is 0.364. The number of benzene rings is 1. The Kier molecular flexibility index (Phi) is 3.83. The highest BCUT2D eigenvalue weighted by Crippen LogP contribution is 2.27. The number of hydrogen-bond acceptors (Lipinski definition) is 5. The van der Waals surface area contributed by atoms with E-state index >= 15 is 0 Å². The third-order valence-electron chi connectivity index (χ3n) is 3.06. The molecule has 1 aromatic rings. The first-order valence-electron chi connectivity index (χ1n) is 5.63. The number of carbonyl (C=O) groups excluding carboxylic acids is 1. The molecule has 0 spiro atoms. The van der Waals surface area contributed by atoms with Gasteiger partial charge in [-0.1, -0.05) is 0 Å². The molecule has 1 atom stereocenters. The molecule has 0 radical (unpaired) electrons. The second-order valence-corrected chi connectivity index (χ2v) is 9.50. The first-order valence-corrected chi connectivity index (χ1v) is 9.89. The molecule has 0 aliphatic carbocycles. The van der Waals surface area contributed by atoms with Crippen molar-refractivity contribution in [1.82, 2.24) is 0 Å². The van der Waals surface area contributed by atoms with Crippen LogP contribution in [0.5, 0.6) is 0 Å². The van der Waals surface area contributed by atoms with E-state index < -0.39 is 24.1 Å². The van der Waals surface area contributed by atoms with Gasteiger partial charge in [0.2, 0.25) is 15.0 Å². The molecule has 6 nitrogen and oxygen atoms in total. The van der Waals surface area contributed by atoms with Crippen LogP contribution in [-0.2, 0) is 23.7 Å². The number of sulfone groups is 1. The monoisotopic (exact) mass is 337 g/mol. The van der Waals surface area contributed by atoms with E-state index in [1.54, 1.807) is 0 Å². The molecule has 1 unspecified atom stereocenters. The van der Waals surface area contributed by atoms with Crippen molar-refractivity contribution in [2.24, 2.45) is 0 Å². The Bertz CT molecular complexity index is 740. The van der Waals surface area contributed by atoms with Crippen LogP contribution in [0.3, 0.4) is 0 Å². The minimum atomic E-state index is -3.79. The zero-order valence-corrected chi connectivity index (χ0v) is 12.9. The molecule has 1 heterocycles. The molecule has 1 aliphatic rings. The van der Waals surface area contributed by atoms with Crippen LogP contribution in [0.2, 0.25) is 0 Å². The molecule has 1 aromatic carbocycles. The summed E-state index contributed by atoms with van der Waals surface area (Å²) in [5.74, 6) is -0.355. The summed E-state index contributed by atoms with van der Waals surface area (Å²) in [6.07, 6.45) is 0.915. The highest BCUT2D eigenvalue weighted by molar-refractivity contribution is 8.14. The predicted molar refractivity (Wildman–Crippen MR) is 75.1 cm³/mol. The smallest absolute Gasteiger partial charge is 0.237 e. The van der Waals surface area contributed by atoms with Crippen molar-refractivity contribution >= 4 is 41.2 Å². The second kappa shape index (κ2) is 5.01. The van der Waals surface area contributed by atoms with E-state index in [2.05, 4.69) is 0 Å². The van der Waals surface area contributed by atoms with E-state index in [1.165, 1.54) is 29.2 Å². The number of amides is 1. The van der Waals surface area contributed by atoms with Crippen LogP contribution in [-0.4, -0.2) is 40.8 Å². The number of hydrogen-bond donors (Lipinski definition) is 0. The van der Waals surface area contributed by atoms with Crippen LogP contribution < -0.4 is 4.90 Å². The largest absolute Gasteiger partial charge is 0.311 e. The summed E-state index contributed by atoms with van der Waals surface area (Å²) >= 11 is 0. The molecule has 1 amide bonds. The molecule has 20 heavy (non-hydrogen) atoms. The van der Waals surface area contributed by atoms with Crippen LogP contribution in [0.1, 0.15) is 6.42 Å². The molecular formula is C11H12ClNO5S2. The molecule has 1 fully saturated rings. The number of anilines is 1. The Hall–Kier alpha value is -1.12. The Morgan fingerprint density at radius 2 is 1.70 bits per heavy atom. The molecule has 1 saturated heterocycles. The quantitative estimate of drug-likeness (QED) is 0.760. The molecule has 9 heteroatoms. The van der Waals surface area contributed by atoms with Gasteiger partial charge < -0.3 is 4.90 Å². The van der Waals surface area contributed by atoms with Gasteiger partial charge in [-0.25, -0.2) is 16.8 Å². The molecule has 0 N–H and O–H groups in total. The van der Waals surface area contributed by atoms with Gasteiger partial charge in [0.15, 0.2) is 9.84 Å². The average Bonchev–Trinajstić information content (AvgIpc) is 2.70. The first kappa shape index (κ1) is 15.3. The van der Waals surface area contributed by atoms with Gasteiger partial charge in [0.1, 0.15) is 5.25 Å². The standard InChI is InChI=1S/C11H12ClNO5S2/c1-19(15,16)9-4-2-8(3-5-9)13-7-10(6-11(13)14)20(12,17)18/h2-5,10H,6-7H2,1H3. The van der Waals surface area contributed by atoms with Crippen LogP contribution in [0.4, 0.5) is 5.69 Å². The Labute approximate surface area is 121 Å². The number of halogens is 1. The summed E-state index contributed by atoms with van der Waals surface area (Å²) < 4.78 is 45.2.